The first-order chi connectivity index (χ1) is 6.66. The minimum Gasteiger partial charge on any atom is -0.465 e. The quantitative estimate of drug-likeness (QED) is 0.498. The monoisotopic (exact) mass is 219 g/mol. The average molecular weight is 219 g/mol. The third-order valence-electron chi connectivity index (χ3n) is 1.54. The second kappa shape index (κ2) is 9.34. The highest BCUT2D eigenvalue weighted by atomic mass is 32.2. The van der Waals surface area contributed by atoms with Gasteiger partial charge < -0.3 is 10.1 Å². The first kappa shape index (κ1) is 13.8. The van der Waals surface area contributed by atoms with E-state index in [1.54, 1.807) is 11.8 Å². The molecular formula is C10H21NO2S. The zero-order valence-electron chi connectivity index (χ0n) is 9.34. The summed E-state index contributed by atoms with van der Waals surface area (Å²) in [6.07, 6.45) is 1.10. The molecular weight excluding hydrogens is 198 g/mol. The summed E-state index contributed by atoms with van der Waals surface area (Å²) in [5.41, 5.74) is 0. The normalized spacial score (nSPS) is 10.6. The number of hydrogen-bond donors (Lipinski definition) is 1. The predicted molar refractivity (Wildman–Crippen MR) is 61.7 cm³/mol. The third-order valence-corrected chi connectivity index (χ3v) is 2.56. The van der Waals surface area contributed by atoms with Crippen molar-refractivity contribution in [2.75, 3.05) is 24.7 Å². The summed E-state index contributed by atoms with van der Waals surface area (Å²) in [7, 11) is 0. The summed E-state index contributed by atoms with van der Waals surface area (Å²) in [5, 5.41) is 3.33. The number of hydrogen-bond acceptors (Lipinski definition) is 4. The van der Waals surface area contributed by atoms with Gasteiger partial charge in [0.05, 0.1) is 12.4 Å². The molecule has 0 spiro atoms. The SMILES string of the molecule is CCOC(=O)CSCCCNC(C)C. The van der Waals surface area contributed by atoms with Gasteiger partial charge in [0.2, 0.25) is 0 Å². The molecule has 0 rings (SSSR count). The molecule has 0 saturated heterocycles. The number of carbonyl (C=O) groups is 1. The van der Waals surface area contributed by atoms with E-state index in [0.717, 1.165) is 18.7 Å². The molecule has 0 aromatic carbocycles. The van der Waals surface area contributed by atoms with E-state index in [1.807, 2.05) is 6.92 Å². The number of esters is 1. The Morgan fingerprint density at radius 2 is 2.21 bits per heavy atom. The second-order valence-corrected chi connectivity index (χ2v) is 4.43. The van der Waals surface area contributed by atoms with Crippen LogP contribution in [-0.2, 0) is 9.53 Å². The Morgan fingerprint density at radius 3 is 2.79 bits per heavy atom. The standard InChI is InChI=1S/C10H21NO2S/c1-4-13-10(12)8-14-7-5-6-11-9(2)3/h9,11H,4-8H2,1-3H3. The molecule has 0 radical (unpaired) electrons. The lowest BCUT2D eigenvalue weighted by Crippen LogP contribution is -2.24. The van der Waals surface area contributed by atoms with Crippen LogP contribution in [0.4, 0.5) is 0 Å². The van der Waals surface area contributed by atoms with E-state index < -0.39 is 0 Å². The molecule has 0 aromatic heterocycles. The first-order valence-electron chi connectivity index (χ1n) is 5.13. The Hall–Kier alpha value is -0.220. The van der Waals surface area contributed by atoms with Gasteiger partial charge in [-0.3, -0.25) is 4.79 Å². The molecule has 3 nitrogen and oxygen atoms in total. The third kappa shape index (κ3) is 9.86. The topological polar surface area (TPSA) is 38.3 Å². The molecule has 0 amide bonds. The van der Waals surface area contributed by atoms with Crippen LogP contribution in [0.15, 0.2) is 0 Å². The van der Waals surface area contributed by atoms with Gasteiger partial charge in [-0.15, -0.1) is 0 Å². The molecule has 0 fully saturated rings. The Balaban J connectivity index is 3.09. The van der Waals surface area contributed by atoms with Gasteiger partial charge in [0.25, 0.3) is 0 Å². The van der Waals surface area contributed by atoms with Gasteiger partial charge in [-0.25, -0.2) is 0 Å². The van der Waals surface area contributed by atoms with Crippen LogP contribution < -0.4 is 5.32 Å². The van der Waals surface area contributed by atoms with Crippen molar-refractivity contribution < 1.29 is 9.53 Å². The summed E-state index contributed by atoms with van der Waals surface area (Å²) in [5.74, 6) is 1.39. The van der Waals surface area contributed by atoms with Crippen molar-refractivity contribution in [1.29, 1.82) is 0 Å². The predicted octanol–water partition coefficient (Wildman–Crippen LogP) is 1.67. The molecule has 14 heavy (non-hydrogen) atoms. The maximum absolute atomic E-state index is 10.9. The molecule has 0 heterocycles. The van der Waals surface area contributed by atoms with Crippen molar-refractivity contribution in [2.24, 2.45) is 0 Å². The summed E-state index contributed by atoms with van der Waals surface area (Å²) < 4.78 is 4.81. The minimum absolute atomic E-state index is 0.102. The molecule has 84 valence electrons. The van der Waals surface area contributed by atoms with Gasteiger partial charge in [0.15, 0.2) is 0 Å². The zero-order chi connectivity index (χ0) is 10.8. The van der Waals surface area contributed by atoms with E-state index in [2.05, 4.69) is 19.2 Å². The number of nitrogens with one attached hydrogen (secondary N) is 1. The van der Waals surface area contributed by atoms with Gasteiger partial charge in [-0.1, -0.05) is 13.8 Å². The van der Waals surface area contributed by atoms with Gasteiger partial charge in [0.1, 0.15) is 0 Å². The van der Waals surface area contributed by atoms with Crippen molar-refractivity contribution in [3.8, 4) is 0 Å². The smallest absolute Gasteiger partial charge is 0.315 e. The lowest BCUT2D eigenvalue weighted by Gasteiger charge is -2.07. The van der Waals surface area contributed by atoms with Crippen molar-refractivity contribution in [3.63, 3.8) is 0 Å². The zero-order valence-corrected chi connectivity index (χ0v) is 10.2. The average Bonchev–Trinajstić information content (AvgIpc) is 2.11. The van der Waals surface area contributed by atoms with Gasteiger partial charge >= 0.3 is 5.97 Å². The van der Waals surface area contributed by atoms with Crippen molar-refractivity contribution >= 4 is 17.7 Å². The van der Waals surface area contributed by atoms with Gasteiger partial charge in [0, 0.05) is 6.04 Å². The Bertz CT molecular complexity index is 151. The number of rotatable bonds is 8. The van der Waals surface area contributed by atoms with E-state index in [-0.39, 0.29) is 5.97 Å². The summed E-state index contributed by atoms with van der Waals surface area (Å²) in [4.78, 5) is 10.9. The fraction of sp³-hybridized carbons (Fsp3) is 0.900. The summed E-state index contributed by atoms with van der Waals surface area (Å²) >= 11 is 1.64. The van der Waals surface area contributed by atoms with Crippen LogP contribution in [-0.4, -0.2) is 36.7 Å². The fourth-order valence-electron chi connectivity index (χ4n) is 0.923. The van der Waals surface area contributed by atoms with Crippen LogP contribution in [0.2, 0.25) is 0 Å². The highest BCUT2D eigenvalue weighted by molar-refractivity contribution is 7.99. The van der Waals surface area contributed by atoms with E-state index in [1.165, 1.54) is 0 Å². The minimum atomic E-state index is -0.102. The molecule has 0 unspecified atom stereocenters. The van der Waals surface area contributed by atoms with Gasteiger partial charge in [-0.05, 0) is 25.6 Å². The molecule has 1 N–H and O–H groups in total. The van der Waals surface area contributed by atoms with Crippen LogP contribution >= 0.6 is 11.8 Å². The van der Waals surface area contributed by atoms with E-state index in [9.17, 15) is 4.79 Å². The molecule has 0 aliphatic carbocycles. The number of ether oxygens (including phenoxy) is 1. The summed E-state index contributed by atoms with van der Waals surface area (Å²) in [6.45, 7) is 7.59. The van der Waals surface area contributed by atoms with E-state index >= 15 is 0 Å². The van der Waals surface area contributed by atoms with Crippen molar-refractivity contribution in [3.05, 3.63) is 0 Å². The lowest BCUT2D eigenvalue weighted by molar-refractivity contribution is -0.139. The molecule has 0 bridgehead atoms. The largest absolute Gasteiger partial charge is 0.465 e. The molecule has 0 aliphatic heterocycles. The maximum atomic E-state index is 10.9. The first-order valence-corrected chi connectivity index (χ1v) is 6.29. The maximum Gasteiger partial charge on any atom is 0.315 e. The van der Waals surface area contributed by atoms with Crippen LogP contribution in [0.1, 0.15) is 27.2 Å². The second-order valence-electron chi connectivity index (χ2n) is 3.32. The van der Waals surface area contributed by atoms with Crippen molar-refractivity contribution in [1.82, 2.24) is 5.32 Å². The molecule has 4 heteroatoms. The number of carbonyl (C=O) groups excluding carboxylic acids is 1. The van der Waals surface area contributed by atoms with E-state index in [4.69, 9.17) is 4.74 Å². The summed E-state index contributed by atoms with van der Waals surface area (Å²) in [6, 6.07) is 0.546. The highest BCUT2D eigenvalue weighted by Gasteiger charge is 2.00. The van der Waals surface area contributed by atoms with Crippen LogP contribution in [0.3, 0.4) is 0 Å². The molecule has 0 atom stereocenters. The highest BCUT2D eigenvalue weighted by Crippen LogP contribution is 2.02. The van der Waals surface area contributed by atoms with Crippen molar-refractivity contribution in [2.45, 2.75) is 33.2 Å². The van der Waals surface area contributed by atoms with E-state index in [0.29, 0.717) is 18.4 Å². The molecule has 0 saturated carbocycles. The Kier molecular flexibility index (Phi) is 9.19. The Labute approximate surface area is 91.0 Å². The lowest BCUT2D eigenvalue weighted by atomic mass is 10.4. The Morgan fingerprint density at radius 1 is 1.50 bits per heavy atom. The van der Waals surface area contributed by atoms with Crippen LogP contribution in [0, 0.1) is 0 Å². The fourth-order valence-corrected chi connectivity index (χ4v) is 1.67. The molecule has 0 aliphatic rings. The van der Waals surface area contributed by atoms with Crippen LogP contribution in [0.5, 0.6) is 0 Å². The van der Waals surface area contributed by atoms with Crippen LogP contribution in [0.25, 0.3) is 0 Å². The van der Waals surface area contributed by atoms with Gasteiger partial charge in [-0.2, -0.15) is 11.8 Å². The number of thioether (sulfide) groups is 1. The molecule has 0 aromatic rings.